The zero-order chi connectivity index (χ0) is 26.4. The molecule has 0 N–H and O–H groups in total. The second-order valence-corrected chi connectivity index (χ2v) is 10.2. The minimum Gasteiger partial charge on any atom is -0.497 e. The van der Waals surface area contributed by atoms with Crippen molar-refractivity contribution in [2.24, 2.45) is 0 Å². The molecule has 1 aliphatic heterocycles. The molecule has 0 saturated heterocycles. The van der Waals surface area contributed by atoms with Crippen molar-refractivity contribution in [3.63, 3.8) is 0 Å². The van der Waals surface area contributed by atoms with Crippen LogP contribution in [0.25, 0.3) is 27.6 Å². The van der Waals surface area contributed by atoms with Crippen molar-refractivity contribution >= 4 is 39.0 Å². The standard InChI is InChI=1S/C34H32N2O2/c1-35(2)25-13-11-24(12-14-25)34(31-17-18-32(36(3)4)29-9-7-6-8-28(29)31)21-20-30-27-16-15-26(37-5)22-23(27)10-19-33(30)38-34/h6-22H,1-5H3. The summed E-state index contributed by atoms with van der Waals surface area (Å²) in [5.41, 5.74) is 4.83. The van der Waals surface area contributed by atoms with Crippen molar-refractivity contribution in [3.05, 3.63) is 114 Å². The Kier molecular flexibility index (Phi) is 5.76. The van der Waals surface area contributed by atoms with E-state index in [1.54, 1.807) is 7.11 Å². The average Bonchev–Trinajstić information content (AvgIpc) is 2.95. The molecular formula is C34H32N2O2. The molecule has 0 bridgehead atoms. The van der Waals surface area contributed by atoms with Crippen molar-refractivity contribution in [1.82, 2.24) is 0 Å². The molecule has 190 valence electrons. The number of hydrogen-bond donors (Lipinski definition) is 0. The normalized spacial score (nSPS) is 16.2. The zero-order valence-electron chi connectivity index (χ0n) is 22.5. The minimum atomic E-state index is -0.789. The van der Waals surface area contributed by atoms with Crippen LogP contribution in [0.2, 0.25) is 0 Å². The first-order valence-electron chi connectivity index (χ1n) is 12.9. The van der Waals surface area contributed by atoms with E-state index in [0.717, 1.165) is 44.6 Å². The van der Waals surface area contributed by atoms with Gasteiger partial charge in [0.25, 0.3) is 0 Å². The lowest BCUT2D eigenvalue weighted by molar-refractivity contribution is 0.163. The van der Waals surface area contributed by atoms with Crippen LogP contribution in [0.15, 0.2) is 97.1 Å². The third-order valence-corrected chi connectivity index (χ3v) is 7.58. The maximum atomic E-state index is 7.12. The van der Waals surface area contributed by atoms with Crippen molar-refractivity contribution < 1.29 is 9.47 Å². The van der Waals surface area contributed by atoms with E-state index in [1.165, 1.54) is 16.5 Å². The Labute approximate surface area is 224 Å². The van der Waals surface area contributed by atoms with Crippen molar-refractivity contribution in [1.29, 1.82) is 0 Å². The zero-order valence-corrected chi connectivity index (χ0v) is 22.5. The third-order valence-electron chi connectivity index (χ3n) is 7.58. The first kappa shape index (κ1) is 23.9. The minimum absolute atomic E-state index is 0.789. The predicted molar refractivity (Wildman–Crippen MR) is 160 cm³/mol. The maximum Gasteiger partial charge on any atom is 0.178 e. The van der Waals surface area contributed by atoms with E-state index in [2.05, 4.69) is 135 Å². The molecule has 5 aromatic rings. The van der Waals surface area contributed by atoms with Crippen LogP contribution in [-0.2, 0) is 5.60 Å². The van der Waals surface area contributed by atoms with Crippen molar-refractivity contribution in [2.75, 3.05) is 45.1 Å². The molecule has 0 amide bonds. The fourth-order valence-electron chi connectivity index (χ4n) is 5.57. The highest BCUT2D eigenvalue weighted by Gasteiger charge is 2.39. The Morgan fingerprint density at radius 2 is 1.47 bits per heavy atom. The Morgan fingerprint density at radius 3 is 2.18 bits per heavy atom. The number of nitrogens with zero attached hydrogens (tertiary/aromatic N) is 2. The maximum absolute atomic E-state index is 7.12. The summed E-state index contributed by atoms with van der Waals surface area (Å²) in [5, 5.41) is 4.64. The number of fused-ring (bicyclic) bond motifs is 4. The highest BCUT2D eigenvalue weighted by atomic mass is 16.5. The van der Waals surface area contributed by atoms with Gasteiger partial charge < -0.3 is 19.3 Å². The smallest absolute Gasteiger partial charge is 0.178 e. The first-order chi connectivity index (χ1) is 18.4. The average molecular weight is 501 g/mol. The summed E-state index contributed by atoms with van der Waals surface area (Å²) >= 11 is 0. The van der Waals surface area contributed by atoms with Crippen LogP contribution in [0, 0.1) is 0 Å². The van der Waals surface area contributed by atoms with Gasteiger partial charge in [-0.1, -0.05) is 48.5 Å². The van der Waals surface area contributed by atoms with Crippen LogP contribution in [0.4, 0.5) is 11.4 Å². The van der Waals surface area contributed by atoms with Gasteiger partial charge in [0.15, 0.2) is 5.60 Å². The molecule has 0 fully saturated rings. The van der Waals surface area contributed by atoms with Gasteiger partial charge in [-0.25, -0.2) is 0 Å². The molecule has 38 heavy (non-hydrogen) atoms. The van der Waals surface area contributed by atoms with Gasteiger partial charge in [0, 0.05) is 61.6 Å². The van der Waals surface area contributed by atoms with Crippen LogP contribution in [0.5, 0.6) is 11.5 Å². The Hall–Kier alpha value is -4.44. The Bertz CT molecular complexity index is 1690. The van der Waals surface area contributed by atoms with E-state index in [9.17, 15) is 0 Å². The van der Waals surface area contributed by atoms with Gasteiger partial charge in [-0.15, -0.1) is 0 Å². The molecule has 1 unspecified atom stereocenters. The number of benzene rings is 5. The molecule has 1 atom stereocenters. The Morgan fingerprint density at radius 1 is 0.711 bits per heavy atom. The van der Waals surface area contributed by atoms with Crippen LogP contribution >= 0.6 is 0 Å². The topological polar surface area (TPSA) is 24.9 Å². The van der Waals surface area contributed by atoms with Crippen LogP contribution in [-0.4, -0.2) is 35.3 Å². The molecule has 6 rings (SSSR count). The highest BCUT2D eigenvalue weighted by Crippen LogP contribution is 2.47. The molecule has 5 aromatic carbocycles. The first-order valence-corrected chi connectivity index (χ1v) is 12.9. The second kappa shape index (κ2) is 9.14. The molecule has 0 aliphatic carbocycles. The quantitative estimate of drug-likeness (QED) is 0.250. The largest absolute Gasteiger partial charge is 0.497 e. The lowest BCUT2D eigenvalue weighted by atomic mass is 9.80. The molecule has 1 aliphatic rings. The molecule has 0 aromatic heterocycles. The van der Waals surface area contributed by atoms with E-state index < -0.39 is 5.60 Å². The van der Waals surface area contributed by atoms with E-state index in [1.807, 2.05) is 6.07 Å². The van der Waals surface area contributed by atoms with Gasteiger partial charge in [0.2, 0.25) is 0 Å². The van der Waals surface area contributed by atoms with Gasteiger partial charge in [-0.3, -0.25) is 0 Å². The van der Waals surface area contributed by atoms with Crippen molar-refractivity contribution in [3.8, 4) is 11.5 Å². The summed E-state index contributed by atoms with van der Waals surface area (Å²) < 4.78 is 12.6. The molecular weight excluding hydrogens is 468 g/mol. The van der Waals surface area contributed by atoms with Gasteiger partial charge in [-0.2, -0.15) is 0 Å². The summed E-state index contributed by atoms with van der Waals surface area (Å²) in [6.07, 6.45) is 4.45. The lowest BCUT2D eigenvalue weighted by Gasteiger charge is -2.37. The number of methoxy groups -OCH3 is 1. The summed E-state index contributed by atoms with van der Waals surface area (Å²) in [4.78, 5) is 4.28. The van der Waals surface area contributed by atoms with Crippen LogP contribution in [0.3, 0.4) is 0 Å². The lowest BCUT2D eigenvalue weighted by Crippen LogP contribution is -2.34. The summed E-state index contributed by atoms with van der Waals surface area (Å²) in [7, 11) is 10.00. The molecule has 0 radical (unpaired) electrons. The SMILES string of the molecule is COc1ccc2c3c(ccc2c1)OC(c1ccc(N(C)C)cc1)(c1ccc(N(C)C)c2ccccc12)C=C3. The molecule has 4 heteroatoms. The molecule has 0 saturated carbocycles. The van der Waals surface area contributed by atoms with Gasteiger partial charge >= 0.3 is 0 Å². The fourth-order valence-corrected chi connectivity index (χ4v) is 5.57. The van der Waals surface area contributed by atoms with E-state index in [0.29, 0.717) is 0 Å². The van der Waals surface area contributed by atoms with Gasteiger partial charge in [0.05, 0.1) is 7.11 Å². The highest BCUT2D eigenvalue weighted by molar-refractivity contribution is 5.99. The number of ether oxygens (including phenoxy) is 2. The van der Waals surface area contributed by atoms with Crippen molar-refractivity contribution in [2.45, 2.75) is 5.60 Å². The monoisotopic (exact) mass is 500 g/mol. The van der Waals surface area contributed by atoms with Crippen LogP contribution in [0.1, 0.15) is 16.7 Å². The second-order valence-electron chi connectivity index (χ2n) is 10.2. The van der Waals surface area contributed by atoms with Gasteiger partial charge in [-0.05, 0) is 70.8 Å². The van der Waals surface area contributed by atoms with Crippen LogP contribution < -0.4 is 19.3 Å². The Balaban J connectivity index is 1.60. The van der Waals surface area contributed by atoms with E-state index in [4.69, 9.17) is 9.47 Å². The number of rotatable bonds is 5. The summed E-state index contributed by atoms with van der Waals surface area (Å²) in [6, 6.07) is 32.1. The van der Waals surface area contributed by atoms with E-state index >= 15 is 0 Å². The number of anilines is 2. The van der Waals surface area contributed by atoms with E-state index in [-0.39, 0.29) is 0 Å². The third kappa shape index (κ3) is 3.76. The summed E-state index contributed by atoms with van der Waals surface area (Å²) in [6.45, 7) is 0. The molecule has 4 nitrogen and oxygen atoms in total. The molecule has 1 heterocycles. The number of hydrogen-bond acceptors (Lipinski definition) is 4. The molecule has 0 spiro atoms. The fraction of sp³-hybridized carbons (Fsp3) is 0.176. The summed E-state index contributed by atoms with van der Waals surface area (Å²) in [5.74, 6) is 1.71. The van der Waals surface area contributed by atoms with Gasteiger partial charge in [0.1, 0.15) is 11.5 Å². The predicted octanol–water partition coefficient (Wildman–Crippen LogP) is 7.48.